The van der Waals surface area contributed by atoms with Gasteiger partial charge in [-0.1, -0.05) is 38.1 Å². The second kappa shape index (κ2) is 7.98. The molecular formula is C26H26N4O2S. The Morgan fingerprint density at radius 1 is 1.03 bits per heavy atom. The molecule has 0 amide bonds. The van der Waals surface area contributed by atoms with Crippen molar-refractivity contribution < 1.29 is 8.42 Å². The van der Waals surface area contributed by atoms with Crippen molar-refractivity contribution in [3.63, 3.8) is 0 Å². The number of hydrogen-bond donors (Lipinski definition) is 0. The lowest BCUT2D eigenvalue weighted by atomic mass is 9.94. The van der Waals surface area contributed by atoms with Crippen molar-refractivity contribution in [3.8, 4) is 17.3 Å². The molecule has 168 valence electrons. The lowest BCUT2D eigenvalue weighted by Gasteiger charge is -2.34. The Balaban J connectivity index is 1.70. The fourth-order valence-corrected chi connectivity index (χ4v) is 6.80. The number of para-hydroxylation sites is 2. The van der Waals surface area contributed by atoms with Gasteiger partial charge in [-0.25, -0.2) is 13.4 Å². The van der Waals surface area contributed by atoms with Gasteiger partial charge < -0.3 is 0 Å². The molecule has 3 heterocycles. The van der Waals surface area contributed by atoms with E-state index in [1.54, 1.807) is 22.5 Å². The Hall–Kier alpha value is -3.21. The molecule has 0 N–H and O–H groups in total. The quantitative estimate of drug-likeness (QED) is 0.433. The summed E-state index contributed by atoms with van der Waals surface area (Å²) >= 11 is 0. The van der Waals surface area contributed by atoms with E-state index in [0.29, 0.717) is 41.0 Å². The minimum atomic E-state index is -3.61. The molecule has 0 bridgehead atoms. The van der Waals surface area contributed by atoms with Crippen LogP contribution in [0.4, 0.5) is 0 Å². The average Bonchev–Trinajstić information content (AvgIpc) is 3.17. The summed E-state index contributed by atoms with van der Waals surface area (Å²) in [4.78, 5) is 5.00. The second-order valence-corrected chi connectivity index (χ2v) is 11.2. The van der Waals surface area contributed by atoms with Crippen molar-refractivity contribution in [1.29, 1.82) is 5.26 Å². The molecule has 2 aromatic heterocycles. The Morgan fingerprint density at radius 3 is 2.48 bits per heavy atom. The summed E-state index contributed by atoms with van der Waals surface area (Å²) in [5.74, 6) is 0.676. The van der Waals surface area contributed by atoms with Gasteiger partial charge in [0.2, 0.25) is 10.0 Å². The molecule has 1 fully saturated rings. The van der Waals surface area contributed by atoms with Crippen molar-refractivity contribution in [1.82, 2.24) is 13.7 Å². The van der Waals surface area contributed by atoms with E-state index in [1.165, 1.54) is 0 Å². The van der Waals surface area contributed by atoms with E-state index in [2.05, 4.69) is 19.9 Å². The second-order valence-electron chi connectivity index (χ2n) is 9.25. The molecule has 4 aromatic rings. The van der Waals surface area contributed by atoms with Crippen molar-refractivity contribution in [3.05, 3.63) is 65.7 Å². The van der Waals surface area contributed by atoms with Gasteiger partial charge in [-0.15, -0.1) is 0 Å². The van der Waals surface area contributed by atoms with Crippen LogP contribution in [0, 0.1) is 30.1 Å². The van der Waals surface area contributed by atoms with Gasteiger partial charge in [0.1, 0.15) is 6.07 Å². The van der Waals surface area contributed by atoms with Gasteiger partial charge in [-0.3, -0.25) is 4.40 Å². The van der Waals surface area contributed by atoms with Crippen molar-refractivity contribution >= 4 is 26.7 Å². The van der Waals surface area contributed by atoms with Crippen LogP contribution < -0.4 is 0 Å². The highest BCUT2D eigenvalue weighted by Gasteiger charge is 2.32. The predicted octanol–water partition coefficient (Wildman–Crippen LogP) is 5.00. The molecule has 1 saturated heterocycles. The topological polar surface area (TPSA) is 78.5 Å². The zero-order chi connectivity index (χ0) is 23.3. The van der Waals surface area contributed by atoms with Gasteiger partial charge >= 0.3 is 0 Å². The van der Waals surface area contributed by atoms with Gasteiger partial charge in [0.05, 0.1) is 27.2 Å². The third-order valence-corrected chi connectivity index (χ3v) is 8.32. The molecule has 2 aromatic carbocycles. The molecule has 33 heavy (non-hydrogen) atoms. The molecule has 0 radical (unpaired) electrons. The van der Waals surface area contributed by atoms with Crippen LogP contribution in [0.25, 0.3) is 27.9 Å². The van der Waals surface area contributed by atoms with Gasteiger partial charge in [0, 0.05) is 13.1 Å². The van der Waals surface area contributed by atoms with E-state index in [-0.39, 0.29) is 0 Å². The lowest BCUT2D eigenvalue weighted by Crippen LogP contribution is -2.42. The van der Waals surface area contributed by atoms with Gasteiger partial charge in [0.15, 0.2) is 5.65 Å². The smallest absolute Gasteiger partial charge is 0.243 e. The van der Waals surface area contributed by atoms with E-state index >= 15 is 0 Å². The summed E-state index contributed by atoms with van der Waals surface area (Å²) in [6.07, 6.45) is 1.04. The van der Waals surface area contributed by atoms with Crippen LogP contribution in [0.3, 0.4) is 0 Å². The molecule has 2 atom stereocenters. The number of sulfonamides is 1. The molecule has 7 heteroatoms. The fraction of sp³-hybridized carbons (Fsp3) is 0.308. The van der Waals surface area contributed by atoms with E-state index in [1.807, 2.05) is 47.7 Å². The number of aryl methyl sites for hydroxylation is 1. The van der Waals surface area contributed by atoms with Crippen LogP contribution in [0.1, 0.15) is 31.4 Å². The molecule has 1 aliphatic rings. The number of imidazole rings is 1. The average molecular weight is 459 g/mol. The van der Waals surface area contributed by atoms with Crippen molar-refractivity contribution in [2.24, 2.45) is 11.8 Å². The SMILES string of the molecule is Cc1cc(-c2cccc(S(=O)(=O)N3CC(C)CC(C)C3)c2)n2c(nc3ccccc32)c1C#N. The summed E-state index contributed by atoms with van der Waals surface area (Å²) in [5, 5.41) is 9.75. The zero-order valence-electron chi connectivity index (χ0n) is 19.0. The Bertz CT molecular complexity index is 1520. The summed E-state index contributed by atoms with van der Waals surface area (Å²) in [7, 11) is -3.61. The van der Waals surface area contributed by atoms with Gasteiger partial charge in [-0.2, -0.15) is 9.57 Å². The monoisotopic (exact) mass is 458 g/mol. The largest absolute Gasteiger partial charge is 0.291 e. The third kappa shape index (κ3) is 3.60. The number of hydrogen-bond acceptors (Lipinski definition) is 4. The number of benzene rings is 2. The first-order valence-corrected chi connectivity index (χ1v) is 12.6. The Morgan fingerprint density at radius 2 is 1.76 bits per heavy atom. The number of pyridine rings is 1. The first-order valence-electron chi connectivity index (χ1n) is 11.2. The number of fused-ring (bicyclic) bond motifs is 3. The van der Waals surface area contributed by atoms with Crippen LogP contribution in [-0.2, 0) is 10.0 Å². The highest BCUT2D eigenvalue weighted by Crippen LogP contribution is 2.32. The van der Waals surface area contributed by atoms with Gasteiger partial charge in [-0.05, 0) is 66.6 Å². The van der Waals surface area contributed by atoms with E-state index in [4.69, 9.17) is 4.98 Å². The maximum absolute atomic E-state index is 13.5. The van der Waals surface area contributed by atoms with E-state index in [9.17, 15) is 13.7 Å². The van der Waals surface area contributed by atoms with Crippen LogP contribution in [-0.4, -0.2) is 35.2 Å². The van der Waals surface area contributed by atoms with E-state index < -0.39 is 10.0 Å². The normalized spacial score (nSPS) is 19.7. The van der Waals surface area contributed by atoms with Crippen LogP contribution >= 0.6 is 0 Å². The maximum atomic E-state index is 13.5. The lowest BCUT2D eigenvalue weighted by molar-refractivity contribution is 0.222. The van der Waals surface area contributed by atoms with Crippen LogP contribution in [0.15, 0.2) is 59.5 Å². The summed E-state index contributed by atoms with van der Waals surface area (Å²) in [6, 6.07) is 19.1. The van der Waals surface area contributed by atoms with Crippen LogP contribution in [0.5, 0.6) is 0 Å². The molecule has 2 unspecified atom stereocenters. The minimum Gasteiger partial charge on any atom is -0.291 e. The molecule has 5 rings (SSSR count). The summed E-state index contributed by atoms with van der Waals surface area (Å²) < 4.78 is 30.6. The minimum absolute atomic E-state index is 0.292. The molecule has 1 aliphatic heterocycles. The highest BCUT2D eigenvalue weighted by molar-refractivity contribution is 7.89. The fourth-order valence-electron chi connectivity index (χ4n) is 5.07. The summed E-state index contributed by atoms with van der Waals surface area (Å²) in [6.45, 7) is 7.19. The predicted molar refractivity (Wildman–Crippen MR) is 129 cm³/mol. The first kappa shape index (κ1) is 21.6. The third-order valence-electron chi connectivity index (χ3n) is 6.49. The van der Waals surface area contributed by atoms with Crippen molar-refractivity contribution in [2.75, 3.05) is 13.1 Å². The molecule has 6 nitrogen and oxygen atoms in total. The Kier molecular flexibility index (Phi) is 5.23. The Labute approximate surface area is 194 Å². The zero-order valence-corrected chi connectivity index (χ0v) is 19.8. The van der Waals surface area contributed by atoms with E-state index in [0.717, 1.165) is 34.3 Å². The molecule has 0 aliphatic carbocycles. The highest BCUT2D eigenvalue weighted by atomic mass is 32.2. The van der Waals surface area contributed by atoms with Gasteiger partial charge in [0.25, 0.3) is 0 Å². The number of piperidine rings is 1. The van der Waals surface area contributed by atoms with Crippen molar-refractivity contribution in [2.45, 2.75) is 32.1 Å². The molecule has 0 saturated carbocycles. The first-order chi connectivity index (χ1) is 15.8. The number of rotatable bonds is 3. The standard InChI is InChI=1S/C26H26N4O2S/c1-17-11-18(2)16-29(15-17)33(31,32)21-8-6-7-20(13-21)25-12-19(3)22(14-27)26-28-23-9-4-5-10-24(23)30(25)26/h4-10,12-13,17-18H,11,15-16H2,1-3H3. The number of nitriles is 1. The molecular weight excluding hydrogens is 432 g/mol. The molecule has 0 spiro atoms. The number of nitrogens with zero attached hydrogens (tertiary/aromatic N) is 4. The van der Waals surface area contributed by atoms with Crippen LogP contribution in [0.2, 0.25) is 0 Å². The number of aromatic nitrogens is 2. The maximum Gasteiger partial charge on any atom is 0.243 e. The summed E-state index contributed by atoms with van der Waals surface area (Å²) in [5.41, 5.74) is 5.17.